The Balaban J connectivity index is 1.69. The first-order valence-corrected chi connectivity index (χ1v) is 7.85. The molecule has 7 nitrogen and oxygen atoms in total. The summed E-state index contributed by atoms with van der Waals surface area (Å²) in [4.78, 5) is 12.3. The quantitative estimate of drug-likeness (QED) is 0.718. The summed E-state index contributed by atoms with van der Waals surface area (Å²) in [6, 6.07) is 9.50. The van der Waals surface area contributed by atoms with Crippen molar-refractivity contribution in [2.75, 3.05) is 5.73 Å². The van der Waals surface area contributed by atoms with Gasteiger partial charge in [-0.3, -0.25) is 9.48 Å². The van der Waals surface area contributed by atoms with E-state index in [1.165, 1.54) is 10.9 Å². The van der Waals surface area contributed by atoms with Gasteiger partial charge in [-0.2, -0.15) is 5.10 Å². The van der Waals surface area contributed by atoms with Crippen LogP contribution >= 0.6 is 0 Å². The van der Waals surface area contributed by atoms with Gasteiger partial charge in [-0.15, -0.1) is 0 Å². The van der Waals surface area contributed by atoms with E-state index in [1.807, 2.05) is 37.3 Å². The summed E-state index contributed by atoms with van der Waals surface area (Å²) in [5.74, 6) is 1.49. The number of furan rings is 1. The molecular weight excluding hydrogens is 320 g/mol. The first-order valence-electron chi connectivity index (χ1n) is 7.85. The van der Waals surface area contributed by atoms with Gasteiger partial charge < -0.3 is 20.2 Å². The number of nitrogen functional groups attached to an aromatic ring is 1. The number of amides is 1. The Morgan fingerprint density at radius 2 is 2.24 bits per heavy atom. The van der Waals surface area contributed by atoms with Gasteiger partial charge in [0, 0.05) is 19.2 Å². The minimum absolute atomic E-state index is 0.275. The summed E-state index contributed by atoms with van der Waals surface area (Å²) in [7, 11) is 1.69. The van der Waals surface area contributed by atoms with Crippen molar-refractivity contribution < 1.29 is 13.9 Å². The number of anilines is 1. The molecule has 0 unspecified atom stereocenters. The highest BCUT2D eigenvalue weighted by Crippen LogP contribution is 2.22. The van der Waals surface area contributed by atoms with Gasteiger partial charge in [-0.05, 0) is 30.7 Å². The Morgan fingerprint density at radius 1 is 1.40 bits per heavy atom. The Kier molecular flexibility index (Phi) is 4.74. The second-order valence-electron chi connectivity index (χ2n) is 5.73. The third-order valence-corrected chi connectivity index (χ3v) is 3.84. The maximum Gasteiger partial charge on any atom is 0.256 e. The van der Waals surface area contributed by atoms with Crippen molar-refractivity contribution in [3.05, 3.63) is 65.2 Å². The molecule has 1 aromatic carbocycles. The lowest BCUT2D eigenvalue weighted by atomic mass is 10.1. The largest absolute Gasteiger partial charge is 0.485 e. The van der Waals surface area contributed by atoms with E-state index in [4.69, 9.17) is 14.9 Å². The predicted octanol–water partition coefficient (Wildman–Crippen LogP) is 2.41. The van der Waals surface area contributed by atoms with Crippen molar-refractivity contribution in [1.29, 1.82) is 0 Å². The van der Waals surface area contributed by atoms with Crippen molar-refractivity contribution in [3.8, 4) is 5.75 Å². The number of nitrogens with two attached hydrogens (primary N) is 1. The molecule has 2 aromatic heterocycles. The highest BCUT2D eigenvalue weighted by atomic mass is 16.5. The molecule has 3 rings (SSSR count). The van der Waals surface area contributed by atoms with Crippen LogP contribution in [0.1, 0.15) is 27.2 Å². The number of ether oxygens (including phenoxy) is 1. The lowest BCUT2D eigenvalue weighted by Gasteiger charge is -2.12. The monoisotopic (exact) mass is 340 g/mol. The lowest BCUT2D eigenvalue weighted by molar-refractivity contribution is 0.0951. The Morgan fingerprint density at radius 3 is 2.92 bits per heavy atom. The van der Waals surface area contributed by atoms with Crippen molar-refractivity contribution in [1.82, 2.24) is 15.1 Å². The van der Waals surface area contributed by atoms with Gasteiger partial charge in [-0.25, -0.2) is 0 Å². The summed E-state index contributed by atoms with van der Waals surface area (Å²) in [5, 5.41) is 6.82. The zero-order chi connectivity index (χ0) is 17.8. The minimum Gasteiger partial charge on any atom is -0.485 e. The molecule has 0 bridgehead atoms. The van der Waals surface area contributed by atoms with Crippen LogP contribution in [0.25, 0.3) is 0 Å². The van der Waals surface area contributed by atoms with Crippen molar-refractivity contribution >= 4 is 11.7 Å². The first-order chi connectivity index (χ1) is 12.0. The number of hydrogen-bond acceptors (Lipinski definition) is 5. The maximum atomic E-state index is 12.3. The standard InChI is InChI=1S/C18H20N4O3/c1-12-5-6-13(16(8-12)25-11-14-4-3-7-24-14)9-20-18(23)15-10-21-22(2)17(15)19/h3-8,10H,9,11,19H2,1-2H3,(H,20,23). The summed E-state index contributed by atoms with van der Waals surface area (Å²) in [5.41, 5.74) is 8.12. The van der Waals surface area contributed by atoms with E-state index in [0.29, 0.717) is 30.3 Å². The molecule has 1 amide bonds. The van der Waals surface area contributed by atoms with Gasteiger partial charge in [0.05, 0.1) is 12.5 Å². The number of carbonyl (C=O) groups is 1. The molecule has 130 valence electrons. The number of hydrogen-bond donors (Lipinski definition) is 2. The zero-order valence-corrected chi connectivity index (χ0v) is 14.2. The fraction of sp³-hybridized carbons (Fsp3) is 0.222. The van der Waals surface area contributed by atoms with Crippen LogP contribution in [0.15, 0.2) is 47.2 Å². The van der Waals surface area contributed by atoms with Crippen LogP contribution < -0.4 is 15.8 Å². The smallest absolute Gasteiger partial charge is 0.256 e. The van der Waals surface area contributed by atoms with Crippen LogP contribution in [0, 0.1) is 6.92 Å². The fourth-order valence-corrected chi connectivity index (χ4v) is 2.38. The molecule has 0 saturated heterocycles. The average molecular weight is 340 g/mol. The highest BCUT2D eigenvalue weighted by Gasteiger charge is 2.14. The van der Waals surface area contributed by atoms with E-state index in [-0.39, 0.29) is 5.91 Å². The fourth-order valence-electron chi connectivity index (χ4n) is 2.38. The van der Waals surface area contributed by atoms with E-state index in [2.05, 4.69) is 10.4 Å². The maximum absolute atomic E-state index is 12.3. The van der Waals surface area contributed by atoms with Crippen LogP contribution in [0.2, 0.25) is 0 Å². The lowest BCUT2D eigenvalue weighted by Crippen LogP contribution is -2.23. The molecule has 0 aliphatic heterocycles. The number of rotatable bonds is 6. The normalized spacial score (nSPS) is 10.6. The van der Waals surface area contributed by atoms with E-state index in [0.717, 1.165) is 16.9 Å². The van der Waals surface area contributed by atoms with Gasteiger partial charge >= 0.3 is 0 Å². The number of benzene rings is 1. The van der Waals surface area contributed by atoms with Crippen molar-refractivity contribution in [2.45, 2.75) is 20.1 Å². The molecule has 0 aliphatic carbocycles. The van der Waals surface area contributed by atoms with E-state index >= 15 is 0 Å². The molecule has 0 aliphatic rings. The molecule has 0 radical (unpaired) electrons. The van der Waals surface area contributed by atoms with Crippen LogP contribution in [0.4, 0.5) is 5.82 Å². The SMILES string of the molecule is Cc1ccc(CNC(=O)c2cnn(C)c2N)c(OCc2ccco2)c1. The molecule has 3 N–H and O–H groups in total. The number of aryl methyl sites for hydroxylation is 2. The predicted molar refractivity (Wildman–Crippen MR) is 93.0 cm³/mol. The highest BCUT2D eigenvalue weighted by molar-refractivity contribution is 5.98. The van der Waals surface area contributed by atoms with E-state index < -0.39 is 0 Å². The Labute approximate surface area is 145 Å². The van der Waals surface area contributed by atoms with Gasteiger partial charge in [0.15, 0.2) is 0 Å². The van der Waals surface area contributed by atoms with Crippen LogP contribution in [-0.2, 0) is 20.2 Å². The summed E-state index contributed by atoms with van der Waals surface area (Å²) in [6.45, 7) is 2.63. The summed E-state index contributed by atoms with van der Waals surface area (Å²) in [6.07, 6.45) is 3.06. The summed E-state index contributed by atoms with van der Waals surface area (Å²) >= 11 is 0. The third kappa shape index (κ3) is 3.82. The summed E-state index contributed by atoms with van der Waals surface area (Å²) < 4.78 is 12.6. The molecule has 2 heterocycles. The van der Waals surface area contributed by atoms with Crippen LogP contribution in [0.5, 0.6) is 5.75 Å². The average Bonchev–Trinajstić information content (AvgIpc) is 3.23. The van der Waals surface area contributed by atoms with Crippen molar-refractivity contribution in [2.24, 2.45) is 7.05 Å². The molecule has 3 aromatic rings. The topological polar surface area (TPSA) is 95.3 Å². The van der Waals surface area contributed by atoms with E-state index in [1.54, 1.807) is 13.3 Å². The third-order valence-electron chi connectivity index (χ3n) is 3.84. The zero-order valence-electron chi connectivity index (χ0n) is 14.2. The molecular formula is C18H20N4O3. The van der Waals surface area contributed by atoms with Crippen LogP contribution in [0.3, 0.4) is 0 Å². The Bertz CT molecular complexity index is 869. The first kappa shape index (κ1) is 16.6. The number of nitrogens with one attached hydrogen (secondary N) is 1. The van der Waals surface area contributed by atoms with Gasteiger partial charge in [0.2, 0.25) is 0 Å². The van der Waals surface area contributed by atoms with Gasteiger partial charge in [-0.1, -0.05) is 12.1 Å². The molecule has 0 spiro atoms. The molecule has 7 heteroatoms. The van der Waals surface area contributed by atoms with E-state index in [9.17, 15) is 4.79 Å². The number of nitrogens with zero attached hydrogens (tertiary/aromatic N) is 2. The second-order valence-corrected chi connectivity index (χ2v) is 5.73. The van der Waals surface area contributed by atoms with Gasteiger partial charge in [0.1, 0.15) is 29.5 Å². The van der Waals surface area contributed by atoms with Crippen LogP contribution in [-0.4, -0.2) is 15.7 Å². The minimum atomic E-state index is -0.275. The number of carbonyl (C=O) groups excluding carboxylic acids is 1. The molecule has 0 fully saturated rings. The molecule has 0 atom stereocenters. The second kappa shape index (κ2) is 7.12. The number of aromatic nitrogens is 2. The van der Waals surface area contributed by atoms with Gasteiger partial charge in [0.25, 0.3) is 5.91 Å². The molecule has 0 saturated carbocycles. The molecule has 25 heavy (non-hydrogen) atoms. The van der Waals surface area contributed by atoms with Crippen molar-refractivity contribution in [3.63, 3.8) is 0 Å². The Hall–Kier alpha value is -3.22.